The molecule has 0 amide bonds. The van der Waals surface area contributed by atoms with Crippen molar-refractivity contribution in [3.8, 4) is 11.1 Å². The summed E-state index contributed by atoms with van der Waals surface area (Å²) in [5.74, 6) is -1.97. The molecule has 1 aromatic carbocycles. The average molecular weight is 548 g/mol. The maximum Gasteiger partial charge on any atom is 0.199 e. The molecule has 7 rings (SSSR count). The third kappa shape index (κ3) is 3.39. The van der Waals surface area contributed by atoms with Crippen LogP contribution in [0.15, 0.2) is 35.5 Å². The highest BCUT2D eigenvalue weighted by Crippen LogP contribution is 2.54. The van der Waals surface area contributed by atoms with Gasteiger partial charge in [-0.1, -0.05) is 0 Å². The lowest BCUT2D eigenvalue weighted by Gasteiger charge is -2.24. The molecule has 5 aromatic rings. The molecule has 10 nitrogen and oxygen atoms in total. The van der Waals surface area contributed by atoms with Crippen LogP contribution in [0.4, 0.5) is 20.2 Å². The van der Waals surface area contributed by atoms with Crippen molar-refractivity contribution in [2.75, 3.05) is 30.4 Å². The predicted molar refractivity (Wildman–Crippen MR) is 148 cm³/mol. The molecule has 6 N–H and O–H groups in total. The normalized spacial score (nSPS) is 20.6. The second-order valence-electron chi connectivity index (χ2n) is 10.9. The molecule has 1 aliphatic carbocycles. The lowest BCUT2D eigenvalue weighted by molar-refractivity contribution is -0.0435. The summed E-state index contributed by atoms with van der Waals surface area (Å²) in [6, 6.07) is 2.82. The topological polar surface area (TPSA) is 145 Å². The van der Waals surface area contributed by atoms with Crippen molar-refractivity contribution in [3.05, 3.63) is 58.1 Å². The number of aliphatic hydroxyl groups excluding tert-OH is 1. The van der Waals surface area contributed by atoms with Crippen LogP contribution < -0.4 is 21.4 Å². The Morgan fingerprint density at radius 1 is 1.23 bits per heavy atom. The molecule has 2 fully saturated rings. The quantitative estimate of drug-likeness (QED) is 0.216. The van der Waals surface area contributed by atoms with Crippen LogP contribution in [0.1, 0.15) is 24.7 Å². The van der Waals surface area contributed by atoms with E-state index in [4.69, 9.17) is 5.73 Å². The van der Waals surface area contributed by atoms with Crippen molar-refractivity contribution in [2.24, 2.45) is 18.2 Å². The van der Waals surface area contributed by atoms with Crippen molar-refractivity contribution in [1.29, 1.82) is 0 Å². The van der Waals surface area contributed by atoms with E-state index in [0.717, 1.165) is 18.9 Å². The van der Waals surface area contributed by atoms with Gasteiger partial charge in [0.25, 0.3) is 0 Å². The zero-order valence-electron chi connectivity index (χ0n) is 21.8. The van der Waals surface area contributed by atoms with E-state index in [1.54, 1.807) is 37.1 Å². The monoisotopic (exact) mass is 547 g/mol. The molecule has 1 spiro atoms. The minimum atomic E-state index is -1.95. The first-order valence-corrected chi connectivity index (χ1v) is 13.0. The molecule has 206 valence electrons. The highest BCUT2D eigenvalue weighted by atomic mass is 19.2. The third-order valence-corrected chi connectivity index (χ3v) is 8.62. The highest BCUT2D eigenvalue weighted by Gasteiger charge is 2.56. The molecule has 1 saturated heterocycles. The second-order valence-corrected chi connectivity index (χ2v) is 10.9. The number of fused-ring (bicyclic) bond motifs is 4. The van der Waals surface area contributed by atoms with Gasteiger partial charge in [0.2, 0.25) is 0 Å². The summed E-state index contributed by atoms with van der Waals surface area (Å²) in [5, 5.41) is 23.1. The van der Waals surface area contributed by atoms with Crippen LogP contribution in [0.5, 0.6) is 0 Å². The van der Waals surface area contributed by atoms with Crippen LogP contribution in [0.2, 0.25) is 0 Å². The Morgan fingerprint density at radius 2 is 2.00 bits per heavy atom. The van der Waals surface area contributed by atoms with Gasteiger partial charge >= 0.3 is 0 Å². The van der Waals surface area contributed by atoms with Gasteiger partial charge in [0.15, 0.2) is 23.4 Å². The smallest absolute Gasteiger partial charge is 0.199 e. The minimum Gasteiger partial charge on any atom is -0.386 e. The number of aromatic nitrogens is 4. The third-order valence-electron chi connectivity index (χ3n) is 8.62. The predicted octanol–water partition coefficient (Wildman–Crippen LogP) is 2.86. The Bertz CT molecular complexity index is 1940. The fraction of sp³-hybridized carbons (Fsp3) is 0.321. The highest BCUT2D eigenvalue weighted by molar-refractivity contribution is 6.18. The number of rotatable bonds is 4. The molecule has 1 saturated carbocycles. The Labute approximate surface area is 226 Å². The maximum atomic E-state index is 15.5. The molecule has 40 heavy (non-hydrogen) atoms. The number of benzene rings is 1. The van der Waals surface area contributed by atoms with E-state index in [1.165, 1.54) is 6.20 Å². The van der Waals surface area contributed by atoms with Gasteiger partial charge in [-0.05, 0) is 18.9 Å². The van der Waals surface area contributed by atoms with E-state index >= 15 is 4.39 Å². The van der Waals surface area contributed by atoms with E-state index < -0.39 is 23.4 Å². The van der Waals surface area contributed by atoms with E-state index in [1.807, 2.05) is 0 Å². The first-order valence-electron chi connectivity index (χ1n) is 13.0. The molecule has 0 bridgehead atoms. The van der Waals surface area contributed by atoms with Crippen LogP contribution >= 0.6 is 0 Å². The van der Waals surface area contributed by atoms with Gasteiger partial charge < -0.3 is 35.7 Å². The number of aliphatic hydroxyl groups is 2. The first kappa shape index (κ1) is 24.9. The summed E-state index contributed by atoms with van der Waals surface area (Å²) < 4.78 is 31.9. The van der Waals surface area contributed by atoms with Crippen LogP contribution in [-0.4, -0.2) is 55.9 Å². The first-order chi connectivity index (χ1) is 19.1. The van der Waals surface area contributed by atoms with Crippen molar-refractivity contribution in [1.82, 2.24) is 19.5 Å². The number of nitrogens with one attached hydrogen (secondary N) is 2. The summed E-state index contributed by atoms with van der Waals surface area (Å²) in [7, 11) is 3.29. The maximum absolute atomic E-state index is 15.5. The van der Waals surface area contributed by atoms with E-state index in [0.29, 0.717) is 57.8 Å². The lowest BCUT2D eigenvalue weighted by Crippen LogP contribution is -2.23. The van der Waals surface area contributed by atoms with Gasteiger partial charge in [0.05, 0.1) is 38.6 Å². The van der Waals surface area contributed by atoms with Crippen LogP contribution in [-0.2, 0) is 7.05 Å². The number of nitrogens with two attached hydrogens (primary N) is 1. The van der Waals surface area contributed by atoms with Gasteiger partial charge in [-0.3, -0.25) is 4.79 Å². The Hall–Kier alpha value is -4.13. The number of hydrogen-bond donors (Lipinski definition) is 5. The average Bonchev–Trinajstić information content (AvgIpc) is 3.25. The molecule has 1 aliphatic heterocycles. The van der Waals surface area contributed by atoms with Gasteiger partial charge in [0, 0.05) is 74.4 Å². The van der Waals surface area contributed by atoms with Crippen LogP contribution in [0, 0.1) is 17.0 Å². The largest absolute Gasteiger partial charge is 0.386 e. The van der Waals surface area contributed by atoms with Gasteiger partial charge in [-0.2, -0.15) is 0 Å². The molecule has 1 unspecified atom stereocenters. The molecule has 5 heterocycles. The number of aromatic amines is 1. The molecule has 2 aliphatic rings. The van der Waals surface area contributed by atoms with E-state index in [9.17, 15) is 19.4 Å². The minimum absolute atomic E-state index is 0.0252. The molecule has 4 aromatic heterocycles. The molecular formula is C28H27F2N7O3. The number of hydrogen-bond acceptors (Lipinski definition) is 8. The molecular weight excluding hydrogens is 520 g/mol. The number of aryl methyl sites for hydroxylation is 1. The van der Waals surface area contributed by atoms with Crippen molar-refractivity contribution in [3.63, 3.8) is 0 Å². The summed E-state index contributed by atoms with van der Waals surface area (Å²) in [5.41, 5.74) is 8.84. The Balaban J connectivity index is 1.55. The number of H-pyrrole nitrogens is 1. The number of nitrogens with zero attached hydrogens (tertiary/aromatic N) is 4. The van der Waals surface area contributed by atoms with E-state index in [-0.39, 0.29) is 27.8 Å². The summed E-state index contributed by atoms with van der Waals surface area (Å²) in [6.45, 7) is 1.30. The number of anilines is 2. The molecule has 0 radical (unpaired) electrons. The van der Waals surface area contributed by atoms with Gasteiger partial charge in [0.1, 0.15) is 11.3 Å². The Morgan fingerprint density at radius 3 is 2.67 bits per heavy atom. The van der Waals surface area contributed by atoms with Crippen LogP contribution in [0.25, 0.3) is 44.1 Å². The molecule has 2 atom stereocenters. The fourth-order valence-corrected chi connectivity index (χ4v) is 6.33. The Kier molecular flexibility index (Phi) is 5.25. The summed E-state index contributed by atoms with van der Waals surface area (Å²) >= 11 is 0. The SMILES string of the molecule is CNc1cc(F)c(F)c2c1[nH]c1ncc(-c3cnc4c(c3)c(=O)c(C(O)O)cn4C)c(N3CCC4(C[C@H]4N)C3)c12. The van der Waals surface area contributed by atoms with Gasteiger partial charge in [-0.15, -0.1) is 0 Å². The lowest BCUT2D eigenvalue weighted by atomic mass is 10.0. The second kappa shape index (κ2) is 8.43. The van der Waals surface area contributed by atoms with E-state index in [2.05, 4.69) is 25.2 Å². The standard InChI is InChI=1S/C28H27F2N7O3/c1-32-17-6-16(29)21(30)19-20-23(37-4-3-28(11-37)7-18(28)31)14(9-33-25(20)35-22(17)19)12-5-13-24(38)15(27(39)40)10-36(2)26(13)34-8-12/h5-6,8-10,18,27,32,39-40H,3-4,7,11,31H2,1-2H3,(H,33,35)/t18-,28?/m1/s1. The number of pyridine rings is 3. The van der Waals surface area contributed by atoms with Crippen molar-refractivity contribution in [2.45, 2.75) is 25.2 Å². The fourth-order valence-electron chi connectivity index (χ4n) is 6.33. The van der Waals surface area contributed by atoms with Crippen molar-refractivity contribution >= 4 is 44.3 Å². The molecule has 12 heteroatoms. The summed E-state index contributed by atoms with van der Waals surface area (Å²) in [4.78, 5) is 27.6. The number of halogens is 2. The zero-order chi connectivity index (χ0) is 28.1. The zero-order valence-corrected chi connectivity index (χ0v) is 21.8. The van der Waals surface area contributed by atoms with Gasteiger partial charge in [-0.25, -0.2) is 18.7 Å². The summed E-state index contributed by atoms with van der Waals surface area (Å²) in [6.07, 6.45) is 4.39. The van der Waals surface area contributed by atoms with Crippen molar-refractivity contribution < 1.29 is 19.0 Å². The van der Waals surface area contributed by atoms with Crippen LogP contribution in [0.3, 0.4) is 0 Å².